The summed E-state index contributed by atoms with van der Waals surface area (Å²) < 4.78 is 0. The molecule has 2 aromatic rings. The molecule has 0 aliphatic carbocycles. The minimum absolute atomic E-state index is 0.950. The molecule has 0 spiro atoms. The summed E-state index contributed by atoms with van der Waals surface area (Å²) in [5.74, 6) is 0.951. The monoisotopic (exact) mass is 248 g/mol. The Hall–Kier alpha value is -1.49. The van der Waals surface area contributed by atoms with Crippen LogP contribution in [-0.2, 0) is 6.42 Å². The lowest BCUT2D eigenvalue weighted by Gasteiger charge is -2.10. The molecular formula is C12H16N4S. The fraction of sp³-hybridized carbons (Fsp3) is 0.417. The first kappa shape index (κ1) is 12.0. The van der Waals surface area contributed by atoms with Crippen molar-refractivity contribution in [1.29, 1.82) is 0 Å². The molecule has 4 nitrogen and oxygen atoms in total. The summed E-state index contributed by atoms with van der Waals surface area (Å²) in [5, 5.41) is 10.4. The van der Waals surface area contributed by atoms with Gasteiger partial charge < -0.3 is 4.90 Å². The number of aromatic nitrogens is 3. The Morgan fingerprint density at radius 2 is 2.06 bits per heavy atom. The van der Waals surface area contributed by atoms with Gasteiger partial charge in [-0.2, -0.15) is 0 Å². The highest BCUT2D eigenvalue weighted by atomic mass is 32.1. The van der Waals surface area contributed by atoms with Gasteiger partial charge in [-0.15, -0.1) is 10.2 Å². The van der Waals surface area contributed by atoms with E-state index in [0.717, 1.165) is 34.2 Å². The summed E-state index contributed by atoms with van der Waals surface area (Å²) in [6.07, 6.45) is 3.96. The van der Waals surface area contributed by atoms with Gasteiger partial charge in [0.15, 0.2) is 0 Å². The number of hydrogen-bond donors (Lipinski definition) is 0. The molecule has 0 aromatic carbocycles. The van der Waals surface area contributed by atoms with E-state index in [9.17, 15) is 0 Å². The van der Waals surface area contributed by atoms with Gasteiger partial charge in [0.05, 0.1) is 0 Å². The van der Waals surface area contributed by atoms with E-state index < -0.39 is 0 Å². The van der Waals surface area contributed by atoms with E-state index in [1.54, 1.807) is 11.3 Å². The maximum Gasteiger partial charge on any atom is 0.149 e. The van der Waals surface area contributed by atoms with Gasteiger partial charge in [0.1, 0.15) is 15.8 Å². The highest BCUT2D eigenvalue weighted by molar-refractivity contribution is 7.14. The van der Waals surface area contributed by atoms with Crippen molar-refractivity contribution in [3.63, 3.8) is 0 Å². The minimum Gasteiger partial charge on any atom is -0.363 e. The SMILES string of the molecule is CCCc1nnc(-c2ccc(N(C)C)nc2)s1. The van der Waals surface area contributed by atoms with Crippen LogP contribution in [0.2, 0.25) is 0 Å². The third-order valence-electron chi connectivity index (χ3n) is 2.38. The lowest BCUT2D eigenvalue weighted by Crippen LogP contribution is -2.09. The molecule has 0 aliphatic heterocycles. The number of anilines is 1. The topological polar surface area (TPSA) is 41.9 Å². The Bertz CT molecular complexity index is 476. The predicted molar refractivity (Wildman–Crippen MR) is 71.5 cm³/mol. The van der Waals surface area contributed by atoms with Crippen LogP contribution in [0, 0.1) is 0 Å². The second-order valence-corrected chi connectivity index (χ2v) is 5.11. The Kier molecular flexibility index (Phi) is 3.68. The van der Waals surface area contributed by atoms with E-state index in [-0.39, 0.29) is 0 Å². The third kappa shape index (κ3) is 2.79. The summed E-state index contributed by atoms with van der Waals surface area (Å²) in [7, 11) is 3.96. The molecule has 0 atom stereocenters. The summed E-state index contributed by atoms with van der Waals surface area (Å²) in [6, 6.07) is 4.04. The van der Waals surface area contributed by atoms with Crippen LogP contribution in [-0.4, -0.2) is 29.3 Å². The van der Waals surface area contributed by atoms with Crippen molar-refractivity contribution in [3.8, 4) is 10.6 Å². The number of hydrogen-bond acceptors (Lipinski definition) is 5. The van der Waals surface area contributed by atoms with Crippen LogP contribution in [0.15, 0.2) is 18.3 Å². The van der Waals surface area contributed by atoms with E-state index >= 15 is 0 Å². The highest BCUT2D eigenvalue weighted by Gasteiger charge is 2.06. The average Bonchev–Trinajstić information content (AvgIpc) is 2.78. The fourth-order valence-corrected chi connectivity index (χ4v) is 2.39. The van der Waals surface area contributed by atoms with Crippen molar-refractivity contribution >= 4 is 17.2 Å². The summed E-state index contributed by atoms with van der Waals surface area (Å²) in [5.41, 5.74) is 1.04. The number of nitrogens with zero attached hydrogens (tertiary/aromatic N) is 4. The smallest absolute Gasteiger partial charge is 0.149 e. The lowest BCUT2D eigenvalue weighted by atomic mass is 10.3. The van der Waals surface area contributed by atoms with Gasteiger partial charge in [0.25, 0.3) is 0 Å². The van der Waals surface area contributed by atoms with Crippen molar-refractivity contribution < 1.29 is 0 Å². The Labute approximate surface area is 105 Å². The summed E-state index contributed by atoms with van der Waals surface area (Å²) in [6.45, 7) is 2.15. The largest absolute Gasteiger partial charge is 0.363 e. The van der Waals surface area contributed by atoms with Gasteiger partial charge in [-0.05, 0) is 18.6 Å². The van der Waals surface area contributed by atoms with Crippen LogP contribution in [0.5, 0.6) is 0 Å². The maximum atomic E-state index is 4.37. The molecule has 5 heteroatoms. The molecule has 17 heavy (non-hydrogen) atoms. The molecule has 2 aromatic heterocycles. The van der Waals surface area contributed by atoms with Gasteiger partial charge in [-0.1, -0.05) is 18.3 Å². The zero-order valence-electron chi connectivity index (χ0n) is 10.3. The summed E-state index contributed by atoms with van der Waals surface area (Å²) in [4.78, 5) is 6.35. The fourth-order valence-electron chi connectivity index (χ4n) is 1.46. The van der Waals surface area contributed by atoms with Gasteiger partial charge in [0.2, 0.25) is 0 Å². The van der Waals surface area contributed by atoms with Crippen molar-refractivity contribution in [2.24, 2.45) is 0 Å². The molecule has 0 radical (unpaired) electrons. The molecule has 0 bridgehead atoms. The molecule has 0 amide bonds. The normalized spacial score (nSPS) is 10.5. The van der Waals surface area contributed by atoms with Crippen LogP contribution >= 0.6 is 11.3 Å². The molecule has 2 heterocycles. The van der Waals surface area contributed by atoms with Gasteiger partial charge in [-0.3, -0.25) is 0 Å². The second-order valence-electron chi connectivity index (χ2n) is 4.05. The molecule has 90 valence electrons. The van der Waals surface area contributed by atoms with Crippen molar-refractivity contribution in [2.75, 3.05) is 19.0 Å². The Morgan fingerprint density at radius 3 is 2.65 bits per heavy atom. The van der Waals surface area contributed by atoms with Gasteiger partial charge in [-0.25, -0.2) is 4.98 Å². The minimum atomic E-state index is 0.950. The standard InChI is InChI=1S/C12H16N4S/c1-4-5-11-14-15-12(17-11)9-6-7-10(13-8-9)16(2)3/h6-8H,4-5H2,1-3H3. The Balaban J connectivity index is 2.21. The van der Waals surface area contributed by atoms with E-state index in [1.807, 2.05) is 37.3 Å². The highest BCUT2D eigenvalue weighted by Crippen LogP contribution is 2.24. The molecular weight excluding hydrogens is 232 g/mol. The molecule has 2 rings (SSSR count). The van der Waals surface area contributed by atoms with Gasteiger partial charge >= 0.3 is 0 Å². The molecule has 0 N–H and O–H groups in total. The molecule has 0 fully saturated rings. The van der Waals surface area contributed by atoms with Crippen molar-refractivity contribution in [3.05, 3.63) is 23.3 Å². The zero-order chi connectivity index (χ0) is 12.3. The number of pyridine rings is 1. The Morgan fingerprint density at radius 1 is 1.24 bits per heavy atom. The molecule has 0 saturated carbocycles. The molecule has 0 saturated heterocycles. The van der Waals surface area contributed by atoms with E-state index in [1.165, 1.54) is 0 Å². The maximum absolute atomic E-state index is 4.37. The first-order chi connectivity index (χ1) is 8.20. The number of aryl methyl sites for hydroxylation is 1. The quantitative estimate of drug-likeness (QED) is 0.834. The second kappa shape index (κ2) is 5.23. The van der Waals surface area contributed by atoms with Crippen LogP contribution in [0.3, 0.4) is 0 Å². The average molecular weight is 248 g/mol. The molecule has 0 unspecified atom stereocenters. The lowest BCUT2D eigenvalue weighted by molar-refractivity contribution is 0.879. The zero-order valence-corrected chi connectivity index (χ0v) is 11.2. The van der Waals surface area contributed by atoms with Crippen LogP contribution in [0.1, 0.15) is 18.4 Å². The van der Waals surface area contributed by atoms with Crippen molar-refractivity contribution in [2.45, 2.75) is 19.8 Å². The third-order valence-corrected chi connectivity index (χ3v) is 3.42. The predicted octanol–water partition coefficient (Wildman–Crippen LogP) is 2.62. The van der Waals surface area contributed by atoms with E-state index in [2.05, 4.69) is 22.1 Å². The van der Waals surface area contributed by atoms with E-state index in [0.29, 0.717) is 0 Å². The van der Waals surface area contributed by atoms with Crippen LogP contribution < -0.4 is 4.90 Å². The number of rotatable bonds is 4. The first-order valence-electron chi connectivity index (χ1n) is 5.67. The van der Waals surface area contributed by atoms with E-state index in [4.69, 9.17) is 0 Å². The molecule has 0 aliphatic rings. The summed E-state index contributed by atoms with van der Waals surface area (Å²) >= 11 is 1.65. The van der Waals surface area contributed by atoms with Crippen molar-refractivity contribution in [1.82, 2.24) is 15.2 Å². The van der Waals surface area contributed by atoms with Crippen LogP contribution in [0.25, 0.3) is 10.6 Å². The van der Waals surface area contributed by atoms with Crippen LogP contribution in [0.4, 0.5) is 5.82 Å². The van der Waals surface area contributed by atoms with Gasteiger partial charge in [0, 0.05) is 32.3 Å². The first-order valence-corrected chi connectivity index (χ1v) is 6.48.